The fourth-order valence-corrected chi connectivity index (χ4v) is 1.14. The molecule has 0 radical (unpaired) electrons. The zero-order valence-electron chi connectivity index (χ0n) is 9.41. The minimum Gasteiger partial charge on any atom is -0.393 e. The van der Waals surface area contributed by atoms with Gasteiger partial charge in [0.05, 0.1) is 18.8 Å². The Morgan fingerprint density at radius 3 is 2.29 bits per heavy atom. The lowest BCUT2D eigenvalue weighted by molar-refractivity contribution is 0.0227. The summed E-state index contributed by atoms with van der Waals surface area (Å²) in [5.74, 6) is 0. The minimum atomic E-state index is -0.423. The van der Waals surface area contributed by atoms with E-state index in [1.807, 2.05) is 6.92 Å². The molecule has 0 fully saturated rings. The van der Waals surface area contributed by atoms with Crippen LogP contribution in [0.5, 0.6) is 0 Å². The van der Waals surface area contributed by atoms with Crippen molar-refractivity contribution in [3.05, 3.63) is 0 Å². The molecule has 3 heteroatoms. The maximum atomic E-state index is 9.46. The quantitative estimate of drug-likeness (QED) is 0.562. The summed E-state index contributed by atoms with van der Waals surface area (Å²) in [6.07, 6.45) is 3.50. The lowest BCUT2D eigenvalue weighted by atomic mass is 10.1. The van der Waals surface area contributed by atoms with Crippen LogP contribution >= 0.6 is 0 Å². The van der Waals surface area contributed by atoms with Gasteiger partial charge in [0.1, 0.15) is 0 Å². The fourth-order valence-electron chi connectivity index (χ4n) is 1.14. The van der Waals surface area contributed by atoms with E-state index in [0.29, 0.717) is 19.4 Å². The standard InChI is InChI=1S/C11H24O3/c1-3-5-8-14-9-11(13)7-6-10(12)4-2/h10-13H,3-9H2,1-2H3. The van der Waals surface area contributed by atoms with Gasteiger partial charge in [-0.15, -0.1) is 0 Å². The van der Waals surface area contributed by atoms with Crippen LogP contribution in [-0.4, -0.2) is 35.6 Å². The molecule has 0 aromatic heterocycles. The second-order valence-electron chi connectivity index (χ2n) is 3.72. The molecule has 0 bridgehead atoms. The van der Waals surface area contributed by atoms with E-state index < -0.39 is 6.10 Å². The van der Waals surface area contributed by atoms with E-state index in [-0.39, 0.29) is 6.10 Å². The summed E-state index contributed by atoms with van der Waals surface area (Å²) in [6.45, 7) is 5.17. The van der Waals surface area contributed by atoms with Crippen LogP contribution in [0.1, 0.15) is 46.0 Å². The first-order valence-electron chi connectivity index (χ1n) is 5.64. The Hall–Kier alpha value is -0.120. The van der Waals surface area contributed by atoms with Gasteiger partial charge in [-0.25, -0.2) is 0 Å². The first-order valence-corrected chi connectivity index (χ1v) is 5.64. The second-order valence-corrected chi connectivity index (χ2v) is 3.72. The van der Waals surface area contributed by atoms with Crippen molar-refractivity contribution >= 4 is 0 Å². The van der Waals surface area contributed by atoms with Crippen LogP contribution in [0.25, 0.3) is 0 Å². The molecule has 0 saturated carbocycles. The summed E-state index contributed by atoms with van der Waals surface area (Å²) in [6, 6.07) is 0. The Bertz CT molecular complexity index is 117. The predicted molar refractivity (Wildman–Crippen MR) is 57.3 cm³/mol. The lowest BCUT2D eigenvalue weighted by Crippen LogP contribution is -2.18. The van der Waals surface area contributed by atoms with Gasteiger partial charge in [-0.2, -0.15) is 0 Å². The van der Waals surface area contributed by atoms with E-state index in [0.717, 1.165) is 25.9 Å². The van der Waals surface area contributed by atoms with Gasteiger partial charge in [-0.3, -0.25) is 0 Å². The van der Waals surface area contributed by atoms with Crippen molar-refractivity contribution < 1.29 is 14.9 Å². The van der Waals surface area contributed by atoms with Gasteiger partial charge in [-0.05, 0) is 25.7 Å². The molecule has 0 aromatic rings. The molecule has 0 saturated heterocycles. The third-order valence-electron chi connectivity index (χ3n) is 2.26. The third kappa shape index (κ3) is 8.48. The second kappa shape index (κ2) is 9.44. The molecule has 14 heavy (non-hydrogen) atoms. The van der Waals surface area contributed by atoms with Crippen molar-refractivity contribution in [2.45, 2.75) is 58.2 Å². The molecule has 0 rings (SSSR count). The number of aliphatic hydroxyl groups excluding tert-OH is 2. The molecular formula is C11H24O3. The number of unbranched alkanes of at least 4 members (excludes halogenated alkanes) is 1. The monoisotopic (exact) mass is 204 g/mol. The summed E-state index contributed by atoms with van der Waals surface area (Å²) < 4.78 is 5.27. The summed E-state index contributed by atoms with van der Waals surface area (Å²) in [4.78, 5) is 0. The van der Waals surface area contributed by atoms with Gasteiger partial charge in [0.25, 0.3) is 0 Å². The van der Waals surface area contributed by atoms with Gasteiger partial charge in [0, 0.05) is 6.61 Å². The predicted octanol–water partition coefficient (Wildman–Crippen LogP) is 1.72. The zero-order chi connectivity index (χ0) is 10.8. The summed E-state index contributed by atoms with van der Waals surface area (Å²) >= 11 is 0. The molecule has 0 amide bonds. The van der Waals surface area contributed by atoms with E-state index in [1.54, 1.807) is 0 Å². The highest BCUT2D eigenvalue weighted by molar-refractivity contribution is 4.59. The molecule has 2 N–H and O–H groups in total. The fraction of sp³-hybridized carbons (Fsp3) is 1.00. The van der Waals surface area contributed by atoms with Crippen LogP contribution in [0.3, 0.4) is 0 Å². The highest BCUT2D eigenvalue weighted by atomic mass is 16.5. The number of rotatable bonds is 9. The Balaban J connectivity index is 3.23. The molecule has 2 unspecified atom stereocenters. The lowest BCUT2D eigenvalue weighted by Gasteiger charge is -2.13. The van der Waals surface area contributed by atoms with Crippen LogP contribution in [0, 0.1) is 0 Å². The number of hydrogen-bond donors (Lipinski definition) is 2. The van der Waals surface area contributed by atoms with Crippen LogP contribution in [0.4, 0.5) is 0 Å². The smallest absolute Gasteiger partial charge is 0.0774 e. The Labute approximate surface area is 87.1 Å². The maximum absolute atomic E-state index is 9.46. The molecule has 86 valence electrons. The molecule has 0 spiro atoms. The van der Waals surface area contributed by atoms with Crippen molar-refractivity contribution in [2.75, 3.05) is 13.2 Å². The summed E-state index contributed by atoms with van der Waals surface area (Å²) in [5, 5.41) is 18.7. The van der Waals surface area contributed by atoms with Crippen LogP contribution in [-0.2, 0) is 4.74 Å². The van der Waals surface area contributed by atoms with Crippen LogP contribution < -0.4 is 0 Å². The normalized spacial score (nSPS) is 15.4. The molecule has 0 aromatic carbocycles. The molecule has 0 aliphatic carbocycles. The van der Waals surface area contributed by atoms with E-state index in [2.05, 4.69) is 6.92 Å². The molecule has 3 nitrogen and oxygen atoms in total. The largest absolute Gasteiger partial charge is 0.393 e. The molecule has 0 aliphatic rings. The average Bonchev–Trinajstić information content (AvgIpc) is 2.21. The van der Waals surface area contributed by atoms with E-state index >= 15 is 0 Å². The van der Waals surface area contributed by atoms with Gasteiger partial charge in [0.2, 0.25) is 0 Å². The van der Waals surface area contributed by atoms with E-state index in [9.17, 15) is 10.2 Å². The SMILES string of the molecule is CCCCOCC(O)CCC(O)CC. The highest BCUT2D eigenvalue weighted by Crippen LogP contribution is 2.05. The van der Waals surface area contributed by atoms with Crippen molar-refractivity contribution in [1.82, 2.24) is 0 Å². The average molecular weight is 204 g/mol. The van der Waals surface area contributed by atoms with Gasteiger partial charge in [-0.1, -0.05) is 20.3 Å². The van der Waals surface area contributed by atoms with Crippen LogP contribution in [0.2, 0.25) is 0 Å². The molecular weight excluding hydrogens is 180 g/mol. The molecule has 0 heterocycles. The van der Waals surface area contributed by atoms with Crippen molar-refractivity contribution in [3.8, 4) is 0 Å². The Morgan fingerprint density at radius 2 is 1.71 bits per heavy atom. The number of hydrogen-bond acceptors (Lipinski definition) is 3. The zero-order valence-corrected chi connectivity index (χ0v) is 9.41. The van der Waals surface area contributed by atoms with Gasteiger partial charge >= 0.3 is 0 Å². The van der Waals surface area contributed by atoms with Gasteiger partial charge in [0.15, 0.2) is 0 Å². The maximum Gasteiger partial charge on any atom is 0.0774 e. The van der Waals surface area contributed by atoms with E-state index in [1.165, 1.54) is 0 Å². The highest BCUT2D eigenvalue weighted by Gasteiger charge is 2.07. The third-order valence-corrected chi connectivity index (χ3v) is 2.26. The first kappa shape index (κ1) is 13.9. The molecule has 0 aliphatic heterocycles. The summed E-state index contributed by atoms with van der Waals surface area (Å²) in [5.41, 5.74) is 0. The number of ether oxygens (including phenoxy) is 1. The van der Waals surface area contributed by atoms with Crippen molar-refractivity contribution in [2.24, 2.45) is 0 Å². The van der Waals surface area contributed by atoms with Crippen molar-refractivity contribution in [1.29, 1.82) is 0 Å². The van der Waals surface area contributed by atoms with Crippen LogP contribution in [0.15, 0.2) is 0 Å². The summed E-state index contributed by atoms with van der Waals surface area (Å²) in [7, 11) is 0. The van der Waals surface area contributed by atoms with Gasteiger partial charge < -0.3 is 14.9 Å². The van der Waals surface area contributed by atoms with E-state index in [4.69, 9.17) is 4.74 Å². The first-order chi connectivity index (χ1) is 6.70. The topological polar surface area (TPSA) is 49.7 Å². The minimum absolute atomic E-state index is 0.278. The molecule has 2 atom stereocenters. The Morgan fingerprint density at radius 1 is 1.07 bits per heavy atom. The Kier molecular flexibility index (Phi) is 9.35. The van der Waals surface area contributed by atoms with Crippen molar-refractivity contribution in [3.63, 3.8) is 0 Å². The number of aliphatic hydroxyl groups is 2.